The molecule has 2 rings (SSSR count). The number of methoxy groups -OCH3 is 1. The number of nitrogens with zero attached hydrogens (tertiary/aromatic N) is 1. The van der Waals surface area contributed by atoms with Crippen molar-refractivity contribution in [2.45, 2.75) is 12.6 Å². The van der Waals surface area contributed by atoms with Gasteiger partial charge in [0.25, 0.3) is 0 Å². The molecule has 0 aromatic heterocycles. The first-order valence-electron chi connectivity index (χ1n) is 6.45. The topological polar surface area (TPSA) is 38.5 Å². The molecule has 1 aromatic carbocycles. The molecule has 1 atom stereocenters. The van der Waals surface area contributed by atoms with Crippen molar-refractivity contribution in [1.82, 2.24) is 4.90 Å². The molecule has 1 heterocycles. The van der Waals surface area contributed by atoms with E-state index in [-0.39, 0.29) is 0 Å². The van der Waals surface area contributed by atoms with Crippen LogP contribution < -0.4 is 5.73 Å². The van der Waals surface area contributed by atoms with Crippen LogP contribution in [0.3, 0.4) is 0 Å². The molecule has 0 aliphatic carbocycles. The Balaban J connectivity index is 2.06. The Labute approximate surface area is 114 Å². The lowest BCUT2D eigenvalue weighted by Gasteiger charge is -2.34. The van der Waals surface area contributed by atoms with Crippen LogP contribution in [0, 0.1) is 0 Å². The van der Waals surface area contributed by atoms with Gasteiger partial charge in [0.2, 0.25) is 0 Å². The monoisotopic (exact) mass is 266 g/mol. The van der Waals surface area contributed by atoms with Crippen LogP contribution in [0.4, 0.5) is 0 Å². The van der Waals surface area contributed by atoms with Gasteiger partial charge in [-0.15, -0.1) is 0 Å². The highest BCUT2D eigenvalue weighted by atomic mass is 32.2. The Morgan fingerprint density at radius 2 is 1.94 bits per heavy atom. The summed E-state index contributed by atoms with van der Waals surface area (Å²) >= 11 is 2.03. The summed E-state index contributed by atoms with van der Waals surface area (Å²) in [5, 5.41) is 0. The van der Waals surface area contributed by atoms with Crippen LogP contribution in [-0.2, 0) is 11.3 Å². The molecule has 1 aliphatic rings. The van der Waals surface area contributed by atoms with Gasteiger partial charge < -0.3 is 10.5 Å². The zero-order valence-electron chi connectivity index (χ0n) is 11.0. The third kappa shape index (κ3) is 3.48. The van der Waals surface area contributed by atoms with Crippen molar-refractivity contribution in [3.8, 4) is 0 Å². The smallest absolute Gasteiger partial charge is 0.0713 e. The lowest BCUT2D eigenvalue weighted by molar-refractivity contribution is 0.184. The summed E-state index contributed by atoms with van der Waals surface area (Å²) < 4.78 is 5.13. The van der Waals surface area contributed by atoms with E-state index in [2.05, 4.69) is 29.2 Å². The van der Waals surface area contributed by atoms with Crippen molar-refractivity contribution in [2.75, 3.05) is 38.2 Å². The van der Waals surface area contributed by atoms with Gasteiger partial charge in [0.05, 0.1) is 6.61 Å². The van der Waals surface area contributed by atoms with E-state index in [1.165, 1.54) is 22.6 Å². The van der Waals surface area contributed by atoms with Crippen molar-refractivity contribution in [3.63, 3.8) is 0 Å². The molecule has 1 unspecified atom stereocenters. The number of hydrogen-bond donors (Lipinski definition) is 1. The predicted octanol–water partition coefficient (Wildman–Crippen LogP) is 1.88. The van der Waals surface area contributed by atoms with Crippen LogP contribution in [-0.4, -0.2) is 43.1 Å². The van der Waals surface area contributed by atoms with Crippen molar-refractivity contribution in [3.05, 3.63) is 35.4 Å². The standard InChI is InChI=1S/C14H22N2OS/c1-17-11-12-2-4-13(5-3-12)14(10-15)16-6-8-18-9-7-16/h2-5,14H,6-11,15H2,1H3. The molecule has 0 bridgehead atoms. The summed E-state index contributed by atoms with van der Waals surface area (Å²) in [6.45, 7) is 3.65. The fourth-order valence-electron chi connectivity index (χ4n) is 2.39. The van der Waals surface area contributed by atoms with E-state index in [4.69, 9.17) is 10.5 Å². The molecule has 0 amide bonds. The zero-order chi connectivity index (χ0) is 12.8. The molecule has 0 saturated carbocycles. The van der Waals surface area contributed by atoms with E-state index in [9.17, 15) is 0 Å². The Kier molecular flexibility index (Phi) is 5.50. The van der Waals surface area contributed by atoms with Crippen LogP contribution in [0.15, 0.2) is 24.3 Å². The SMILES string of the molecule is COCc1ccc(C(CN)N2CCSCC2)cc1. The van der Waals surface area contributed by atoms with Crippen LogP contribution in [0.5, 0.6) is 0 Å². The largest absolute Gasteiger partial charge is 0.380 e. The predicted molar refractivity (Wildman–Crippen MR) is 77.8 cm³/mol. The maximum atomic E-state index is 5.96. The van der Waals surface area contributed by atoms with E-state index in [1.54, 1.807) is 7.11 Å². The molecular formula is C14H22N2OS. The minimum absolute atomic E-state index is 0.363. The Morgan fingerprint density at radius 3 is 2.50 bits per heavy atom. The summed E-state index contributed by atoms with van der Waals surface area (Å²) in [5.41, 5.74) is 8.50. The van der Waals surface area contributed by atoms with Crippen molar-refractivity contribution in [1.29, 1.82) is 0 Å². The summed E-state index contributed by atoms with van der Waals surface area (Å²) in [4.78, 5) is 2.50. The number of nitrogens with two attached hydrogens (primary N) is 1. The lowest BCUT2D eigenvalue weighted by atomic mass is 10.0. The third-order valence-corrected chi connectivity index (χ3v) is 4.33. The maximum absolute atomic E-state index is 5.96. The highest BCUT2D eigenvalue weighted by Gasteiger charge is 2.20. The second kappa shape index (κ2) is 7.14. The highest BCUT2D eigenvalue weighted by molar-refractivity contribution is 7.99. The average molecular weight is 266 g/mol. The summed E-state index contributed by atoms with van der Waals surface area (Å²) in [6.07, 6.45) is 0. The first kappa shape index (κ1) is 13.9. The molecule has 1 aliphatic heterocycles. The Hall–Kier alpha value is -0.550. The van der Waals surface area contributed by atoms with Gasteiger partial charge in [0.1, 0.15) is 0 Å². The van der Waals surface area contributed by atoms with Crippen LogP contribution in [0.25, 0.3) is 0 Å². The van der Waals surface area contributed by atoms with Crippen LogP contribution in [0.1, 0.15) is 17.2 Å². The zero-order valence-corrected chi connectivity index (χ0v) is 11.8. The second-order valence-corrected chi connectivity index (χ2v) is 5.80. The van der Waals surface area contributed by atoms with Gasteiger partial charge in [-0.2, -0.15) is 11.8 Å². The quantitative estimate of drug-likeness (QED) is 0.883. The summed E-state index contributed by atoms with van der Waals surface area (Å²) in [6, 6.07) is 9.02. The van der Waals surface area contributed by atoms with Gasteiger partial charge in [-0.25, -0.2) is 0 Å². The molecule has 4 heteroatoms. The van der Waals surface area contributed by atoms with Gasteiger partial charge in [-0.1, -0.05) is 24.3 Å². The van der Waals surface area contributed by atoms with E-state index < -0.39 is 0 Å². The molecule has 100 valence electrons. The second-order valence-electron chi connectivity index (χ2n) is 4.57. The van der Waals surface area contributed by atoms with Gasteiger partial charge in [0, 0.05) is 44.3 Å². The fourth-order valence-corrected chi connectivity index (χ4v) is 3.32. The van der Waals surface area contributed by atoms with E-state index >= 15 is 0 Å². The van der Waals surface area contributed by atoms with Gasteiger partial charge in [-0.3, -0.25) is 4.90 Å². The molecule has 0 spiro atoms. The van der Waals surface area contributed by atoms with E-state index in [1.807, 2.05) is 11.8 Å². The first-order chi connectivity index (χ1) is 8.85. The third-order valence-electron chi connectivity index (χ3n) is 3.39. The number of benzene rings is 1. The van der Waals surface area contributed by atoms with Gasteiger partial charge >= 0.3 is 0 Å². The van der Waals surface area contributed by atoms with Crippen LogP contribution in [0.2, 0.25) is 0 Å². The lowest BCUT2D eigenvalue weighted by Crippen LogP contribution is -2.39. The van der Waals surface area contributed by atoms with E-state index in [0.717, 1.165) is 13.1 Å². The Bertz CT molecular complexity index is 349. The molecule has 2 N–H and O–H groups in total. The van der Waals surface area contributed by atoms with E-state index in [0.29, 0.717) is 19.2 Å². The summed E-state index contributed by atoms with van der Waals surface area (Å²) in [7, 11) is 1.72. The first-order valence-corrected chi connectivity index (χ1v) is 7.60. The minimum atomic E-state index is 0.363. The van der Waals surface area contributed by atoms with Gasteiger partial charge in [-0.05, 0) is 11.1 Å². The number of rotatable bonds is 5. The number of ether oxygens (including phenoxy) is 1. The maximum Gasteiger partial charge on any atom is 0.0713 e. The molecule has 3 nitrogen and oxygen atoms in total. The average Bonchev–Trinajstić information content (AvgIpc) is 2.43. The Morgan fingerprint density at radius 1 is 1.28 bits per heavy atom. The molecule has 18 heavy (non-hydrogen) atoms. The number of hydrogen-bond acceptors (Lipinski definition) is 4. The fraction of sp³-hybridized carbons (Fsp3) is 0.571. The molecule has 1 saturated heterocycles. The van der Waals surface area contributed by atoms with Crippen molar-refractivity contribution >= 4 is 11.8 Å². The molecule has 0 radical (unpaired) electrons. The highest BCUT2D eigenvalue weighted by Crippen LogP contribution is 2.23. The molecule has 1 aromatic rings. The van der Waals surface area contributed by atoms with Crippen molar-refractivity contribution < 1.29 is 4.74 Å². The molecular weight excluding hydrogens is 244 g/mol. The number of thioether (sulfide) groups is 1. The van der Waals surface area contributed by atoms with Crippen molar-refractivity contribution in [2.24, 2.45) is 5.73 Å². The van der Waals surface area contributed by atoms with Gasteiger partial charge in [0.15, 0.2) is 0 Å². The molecule has 1 fully saturated rings. The normalized spacial score (nSPS) is 18.8. The summed E-state index contributed by atoms with van der Waals surface area (Å²) in [5.74, 6) is 2.44. The minimum Gasteiger partial charge on any atom is -0.380 e. The van der Waals surface area contributed by atoms with Crippen LogP contribution >= 0.6 is 11.8 Å².